The van der Waals surface area contributed by atoms with Gasteiger partial charge in [-0.2, -0.15) is 13.2 Å². The Morgan fingerprint density at radius 2 is 1.88 bits per heavy atom. The summed E-state index contributed by atoms with van der Waals surface area (Å²) in [4.78, 5) is 37.1. The fourth-order valence-corrected chi connectivity index (χ4v) is 4.62. The molecule has 7 nitrogen and oxygen atoms in total. The summed E-state index contributed by atoms with van der Waals surface area (Å²) in [5.41, 5.74) is -0.353. The molecule has 180 valence electrons. The predicted octanol–water partition coefficient (Wildman–Crippen LogP) is 3.31. The summed E-state index contributed by atoms with van der Waals surface area (Å²) in [6, 6.07) is 5.45. The highest BCUT2D eigenvalue weighted by molar-refractivity contribution is 5.54. The van der Waals surface area contributed by atoms with Crippen molar-refractivity contribution >= 4 is 0 Å². The number of nitrogens with zero attached hydrogens (tertiary/aromatic N) is 4. The number of hydrogen-bond donors (Lipinski definition) is 1. The Morgan fingerprint density at radius 1 is 1.15 bits per heavy atom. The highest BCUT2D eigenvalue weighted by Crippen LogP contribution is 2.40. The number of benzene rings is 1. The van der Waals surface area contributed by atoms with Gasteiger partial charge in [0.2, 0.25) is 0 Å². The monoisotopic (exact) mass is 473 g/mol. The number of nitrogens with one attached hydrogen (secondary N) is 1. The van der Waals surface area contributed by atoms with Gasteiger partial charge in [0, 0.05) is 43.6 Å². The molecule has 3 aromatic rings. The lowest BCUT2D eigenvalue weighted by Gasteiger charge is -2.29. The molecule has 1 saturated heterocycles. The van der Waals surface area contributed by atoms with Crippen LogP contribution < -0.4 is 11.2 Å². The first-order valence-electron chi connectivity index (χ1n) is 11.1. The van der Waals surface area contributed by atoms with Crippen molar-refractivity contribution in [2.75, 3.05) is 19.6 Å². The van der Waals surface area contributed by atoms with E-state index < -0.39 is 23.0 Å². The maximum absolute atomic E-state index is 12.9. The molecule has 10 heteroatoms. The van der Waals surface area contributed by atoms with E-state index in [1.54, 1.807) is 12.1 Å². The van der Waals surface area contributed by atoms with Gasteiger partial charge in [-0.3, -0.25) is 24.3 Å². The Balaban J connectivity index is 1.42. The normalized spacial score (nSPS) is 21.1. The molecule has 0 spiro atoms. The third-order valence-electron chi connectivity index (χ3n) is 6.77. The number of halogens is 3. The van der Waals surface area contributed by atoms with Crippen LogP contribution in [-0.4, -0.2) is 44.1 Å². The van der Waals surface area contributed by atoms with Gasteiger partial charge in [0.15, 0.2) is 0 Å². The molecule has 1 N–H and O–H groups in total. The van der Waals surface area contributed by atoms with Gasteiger partial charge >= 0.3 is 11.9 Å². The Morgan fingerprint density at radius 3 is 2.53 bits per heavy atom. The van der Waals surface area contributed by atoms with Crippen LogP contribution in [0.25, 0.3) is 11.3 Å². The minimum atomic E-state index is -4.35. The smallest absolute Gasteiger partial charge is 0.302 e. The van der Waals surface area contributed by atoms with E-state index in [9.17, 15) is 22.8 Å². The van der Waals surface area contributed by atoms with Crippen LogP contribution in [0, 0.1) is 5.92 Å². The molecule has 1 aromatic carbocycles. The van der Waals surface area contributed by atoms with Gasteiger partial charge in [-0.05, 0) is 36.6 Å². The van der Waals surface area contributed by atoms with Crippen molar-refractivity contribution in [1.82, 2.24) is 24.4 Å². The quantitative estimate of drug-likeness (QED) is 0.594. The van der Waals surface area contributed by atoms with E-state index in [0.717, 1.165) is 24.2 Å². The standard InChI is InChI=1S/C24H26F3N5O2/c1-16-13-31(15-23(16,2)17-4-6-18(7-5-17)24(25,26)27)10-3-11-32-14-19(21(33)30-22(32)34)20-12-28-8-9-29-20/h4-9,12,14,16H,3,10-11,13,15H2,1-2H3,(H,30,33,34)/t16?,23-/m0/s1. The van der Waals surface area contributed by atoms with E-state index in [1.807, 2.05) is 0 Å². The summed E-state index contributed by atoms with van der Waals surface area (Å²) < 4.78 is 40.2. The van der Waals surface area contributed by atoms with Crippen LogP contribution in [0.1, 0.15) is 31.4 Å². The molecule has 1 fully saturated rings. The topological polar surface area (TPSA) is 83.9 Å². The van der Waals surface area contributed by atoms with E-state index in [4.69, 9.17) is 0 Å². The average molecular weight is 473 g/mol. The van der Waals surface area contributed by atoms with Gasteiger partial charge in [0.25, 0.3) is 5.56 Å². The van der Waals surface area contributed by atoms with Crippen LogP contribution in [0.15, 0.2) is 58.6 Å². The van der Waals surface area contributed by atoms with E-state index in [-0.39, 0.29) is 16.9 Å². The van der Waals surface area contributed by atoms with Gasteiger partial charge in [0.05, 0.1) is 23.0 Å². The Hall–Kier alpha value is -3.27. The summed E-state index contributed by atoms with van der Waals surface area (Å²) in [7, 11) is 0. The number of aromatic amines is 1. The Labute approximate surface area is 194 Å². The summed E-state index contributed by atoms with van der Waals surface area (Å²) in [6.07, 6.45) is 2.27. The van der Waals surface area contributed by atoms with Crippen LogP contribution in [-0.2, 0) is 18.1 Å². The van der Waals surface area contributed by atoms with Crippen LogP contribution in [0.5, 0.6) is 0 Å². The van der Waals surface area contributed by atoms with Crippen molar-refractivity contribution in [3.8, 4) is 11.3 Å². The maximum atomic E-state index is 12.9. The van der Waals surface area contributed by atoms with Crippen molar-refractivity contribution in [1.29, 1.82) is 0 Å². The largest absolute Gasteiger partial charge is 0.416 e. The van der Waals surface area contributed by atoms with Gasteiger partial charge in [-0.15, -0.1) is 0 Å². The van der Waals surface area contributed by atoms with Gasteiger partial charge in [-0.25, -0.2) is 4.79 Å². The summed E-state index contributed by atoms with van der Waals surface area (Å²) in [5.74, 6) is 0.253. The molecule has 0 bridgehead atoms. The van der Waals surface area contributed by atoms with E-state index in [2.05, 4.69) is 33.7 Å². The first kappa shape index (κ1) is 23.9. The number of likely N-dealkylation sites (tertiary alicyclic amines) is 1. The second-order valence-electron chi connectivity index (χ2n) is 9.07. The van der Waals surface area contributed by atoms with Crippen molar-refractivity contribution in [3.63, 3.8) is 0 Å². The number of aryl methyl sites for hydroxylation is 1. The molecule has 4 rings (SSSR count). The van der Waals surface area contributed by atoms with Gasteiger partial charge in [-0.1, -0.05) is 26.0 Å². The predicted molar refractivity (Wildman–Crippen MR) is 121 cm³/mol. The molecule has 2 atom stereocenters. The van der Waals surface area contributed by atoms with Crippen molar-refractivity contribution < 1.29 is 13.2 Å². The zero-order valence-corrected chi connectivity index (χ0v) is 19.0. The molecule has 0 aliphatic carbocycles. The second-order valence-corrected chi connectivity index (χ2v) is 9.07. The fourth-order valence-electron chi connectivity index (χ4n) is 4.62. The minimum absolute atomic E-state index is 0.253. The molecule has 1 aliphatic heterocycles. The lowest BCUT2D eigenvalue weighted by molar-refractivity contribution is -0.137. The second kappa shape index (κ2) is 9.17. The molecule has 3 heterocycles. The maximum Gasteiger partial charge on any atom is 0.416 e. The van der Waals surface area contributed by atoms with Crippen molar-refractivity contribution in [2.45, 2.75) is 38.4 Å². The number of H-pyrrole nitrogens is 1. The third-order valence-corrected chi connectivity index (χ3v) is 6.77. The number of alkyl halides is 3. The zero-order valence-electron chi connectivity index (χ0n) is 19.0. The average Bonchev–Trinajstić information content (AvgIpc) is 3.09. The summed E-state index contributed by atoms with van der Waals surface area (Å²) in [6.45, 7) is 6.84. The van der Waals surface area contributed by atoms with E-state index in [1.165, 1.54) is 29.4 Å². The molecular weight excluding hydrogens is 447 g/mol. The Bertz CT molecular complexity index is 1250. The lowest BCUT2D eigenvalue weighted by Crippen LogP contribution is -2.33. The molecule has 1 aliphatic rings. The molecule has 0 radical (unpaired) electrons. The molecular formula is C24H26F3N5O2. The van der Waals surface area contributed by atoms with E-state index >= 15 is 0 Å². The summed E-state index contributed by atoms with van der Waals surface area (Å²) in [5, 5.41) is 0. The molecule has 0 saturated carbocycles. The van der Waals surface area contributed by atoms with Crippen LogP contribution in [0.3, 0.4) is 0 Å². The first-order valence-corrected chi connectivity index (χ1v) is 11.1. The highest BCUT2D eigenvalue weighted by Gasteiger charge is 2.41. The molecule has 2 aromatic heterocycles. The van der Waals surface area contributed by atoms with E-state index in [0.29, 0.717) is 31.7 Å². The van der Waals surface area contributed by atoms with Crippen molar-refractivity contribution in [3.05, 3.63) is 81.0 Å². The molecule has 1 unspecified atom stereocenters. The molecule has 0 amide bonds. The number of hydrogen-bond acceptors (Lipinski definition) is 5. The van der Waals surface area contributed by atoms with Gasteiger partial charge in [0.1, 0.15) is 0 Å². The highest BCUT2D eigenvalue weighted by atomic mass is 19.4. The van der Waals surface area contributed by atoms with Crippen LogP contribution in [0.4, 0.5) is 13.2 Å². The molecule has 34 heavy (non-hydrogen) atoms. The Kier molecular flexibility index (Phi) is 6.44. The van der Waals surface area contributed by atoms with Crippen LogP contribution >= 0.6 is 0 Å². The fraction of sp³-hybridized carbons (Fsp3) is 0.417. The van der Waals surface area contributed by atoms with Gasteiger partial charge < -0.3 is 4.90 Å². The first-order chi connectivity index (χ1) is 16.1. The number of aromatic nitrogens is 4. The summed E-state index contributed by atoms with van der Waals surface area (Å²) >= 11 is 0. The third kappa shape index (κ3) is 4.82. The number of rotatable bonds is 6. The lowest BCUT2D eigenvalue weighted by atomic mass is 9.75. The SMILES string of the molecule is CC1CN(CCCn2cc(-c3cnccn3)c(=O)[nH]c2=O)C[C@]1(C)c1ccc(C(F)(F)F)cc1. The zero-order chi connectivity index (χ0) is 24.5. The van der Waals surface area contributed by atoms with Crippen molar-refractivity contribution in [2.24, 2.45) is 5.92 Å². The van der Waals surface area contributed by atoms with Crippen LogP contribution in [0.2, 0.25) is 0 Å². The minimum Gasteiger partial charge on any atom is -0.302 e.